The summed E-state index contributed by atoms with van der Waals surface area (Å²) in [6.07, 6.45) is 8.90. The topological polar surface area (TPSA) is 127 Å². The summed E-state index contributed by atoms with van der Waals surface area (Å²) in [4.78, 5) is 60.0. The van der Waals surface area contributed by atoms with Gasteiger partial charge in [0.05, 0.1) is 22.2 Å². The van der Waals surface area contributed by atoms with Crippen LogP contribution in [0.15, 0.2) is 60.2 Å². The third-order valence-corrected chi connectivity index (χ3v) is 12.7. The normalized spacial score (nSPS) is 20.6. The molecule has 2 N–H and O–H groups in total. The quantitative estimate of drug-likeness (QED) is 0.183. The number of aromatic nitrogens is 3. The van der Waals surface area contributed by atoms with Gasteiger partial charge in [0.25, 0.3) is 5.91 Å². The molecule has 4 aliphatic heterocycles. The summed E-state index contributed by atoms with van der Waals surface area (Å²) >= 11 is 7.49. The van der Waals surface area contributed by atoms with E-state index in [1.165, 1.54) is 17.7 Å². The van der Waals surface area contributed by atoms with E-state index in [0.29, 0.717) is 57.4 Å². The first-order valence-electron chi connectivity index (χ1n) is 19.7. The number of carbonyl (C=O) groups is 3. The lowest BCUT2D eigenvalue weighted by molar-refractivity contribution is -0.134. The van der Waals surface area contributed by atoms with Gasteiger partial charge in [-0.2, -0.15) is 0 Å². The van der Waals surface area contributed by atoms with Gasteiger partial charge in [-0.05, 0) is 98.5 Å². The predicted octanol–water partition coefficient (Wildman–Crippen LogP) is 6.04. The lowest BCUT2D eigenvalue weighted by Crippen LogP contribution is -2.48. The van der Waals surface area contributed by atoms with Gasteiger partial charge in [-0.1, -0.05) is 23.7 Å². The summed E-state index contributed by atoms with van der Waals surface area (Å²) in [5, 5.41) is 8.57. The van der Waals surface area contributed by atoms with Crippen molar-refractivity contribution in [2.45, 2.75) is 56.9 Å². The summed E-state index contributed by atoms with van der Waals surface area (Å²) in [7, 11) is 0. The van der Waals surface area contributed by atoms with Crippen molar-refractivity contribution < 1.29 is 18.8 Å². The average Bonchev–Trinajstić information content (AvgIpc) is 3.73. The van der Waals surface area contributed by atoms with E-state index in [4.69, 9.17) is 21.6 Å². The van der Waals surface area contributed by atoms with Crippen LogP contribution in [0, 0.1) is 11.7 Å². The summed E-state index contributed by atoms with van der Waals surface area (Å²) in [5.74, 6) is 1.09. The Kier molecular flexibility index (Phi) is 11.9. The minimum absolute atomic E-state index is 0.0138. The highest BCUT2D eigenvalue weighted by atomic mass is 35.5. The molecule has 15 heteroatoms. The van der Waals surface area contributed by atoms with Crippen LogP contribution in [0.3, 0.4) is 0 Å². The fourth-order valence-corrected chi connectivity index (χ4v) is 9.24. The maximum Gasteiger partial charge on any atom is 0.256 e. The van der Waals surface area contributed by atoms with Gasteiger partial charge in [0.2, 0.25) is 11.8 Å². The molecule has 7 heterocycles. The number of hydrogen-bond donors (Lipinski definition) is 2. The molecule has 12 nitrogen and oxygen atoms in total. The number of thiazole rings is 1. The Labute approximate surface area is 335 Å². The first-order valence-corrected chi connectivity index (χ1v) is 20.9. The molecule has 1 atom stereocenters. The molecule has 0 bridgehead atoms. The fraction of sp³-hybridized carbons (Fsp3) is 0.463. The summed E-state index contributed by atoms with van der Waals surface area (Å²) in [6.45, 7) is 8.16. The number of amides is 3. The van der Waals surface area contributed by atoms with Crippen LogP contribution in [0.4, 0.5) is 21.2 Å². The van der Waals surface area contributed by atoms with Gasteiger partial charge in [0, 0.05) is 76.6 Å². The number of imide groups is 1. The van der Waals surface area contributed by atoms with E-state index in [-0.39, 0.29) is 34.2 Å². The highest BCUT2D eigenvalue weighted by molar-refractivity contribution is 7.13. The molecule has 3 amide bonds. The molecular formula is C41H47ClFN9O3S. The van der Waals surface area contributed by atoms with Crippen LogP contribution in [0.25, 0.3) is 0 Å². The molecule has 4 aromatic rings. The highest BCUT2D eigenvalue weighted by Crippen LogP contribution is 2.33. The van der Waals surface area contributed by atoms with Crippen LogP contribution >= 0.6 is 22.9 Å². The summed E-state index contributed by atoms with van der Waals surface area (Å²) in [6, 6.07) is 13.0. The van der Waals surface area contributed by atoms with Gasteiger partial charge >= 0.3 is 0 Å². The van der Waals surface area contributed by atoms with E-state index >= 15 is 0 Å². The molecule has 0 spiro atoms. The van der Waals surface area contributed by atoms with Crippen molar-refractivity contribution in [2.75, 3.05) is 69.1 Å². The second-order valence-electron chi connectivity index (χ2n) is 15.4. The molecule has 0 unspecified atom stereocenters. The third kappa shape index (κ3) is 9.04. The van der Waals surface area contributed by atoms with Crippen molar-refractivity contribution in [1.29, 1.82) is 0 Å². The minimum Gasteiger partial charge on any atom is -0.357 e. The molecule has 56 heavy (non-hydrogen) atoms. The predicted molar refractivity (Wildman–Crippen MR) is 215 cm³/mol. The maximum absolute atomic E-state index is 14.6. The van der Waals surface area contributed by atoms with Crippen molar-refractivity contribution in [1.82, 2.24) is 35.0 Å². The van der Waals surface area contributed by atoms with Gasteiger partial charge in [0.1, 0.15) is 11.6 Å². The first kappa shape index (κ1) is 38.4. The highest BCUT2D eigenvalue weighted by Gasteiger charge is 2.30. The van der Waals surface area contributed by atoms with Crippen LogP contribution < -0.4 is 15.5 Å². The number of likely N-dealkylation sites (tertiary alicyclic amines) is 1. The number of anilines is 3. The molecule has 1 aromatic carbocycles. The van der Waals surface area contributed by atoms with Crippen LogP contribution in [0.5, 0.6) is 0 Å². The number of benzene rings is 1. The standard InChI is InChI=1S/C41H47ClFN9O3S/c42-34-3-1-2-33(38(34)43)40(55)52-19-17-50(18-20-52)26-31-22-30(23-35(46-31)47-41-44-12-21-56-41)28-10-13-49(14-11-28)25-27-8-15-51(16-9-27)36-6-4-29(24-45-36)32-5-7-37(53)48-39(32)54/h1-4,6,12,21-24,27-28,32H,5,7-11,13-20,25-26H2,(H,44,46,47)(H,48,53,54)/t32-/m0/s1. The SMILES string of the molecule is O=C1CC[C@@H](c2ccc(N3CCC(CN4CCC(c5cc(CN6CCN(C(=O)c7cccc(Cl)c7F)CC6)nc(Nc6nccs6)c5)CC4)CC3)nc2)C(=O)N1. The Morgan fingerprint density at radius 3 is 2.43 bits per heavy atom. The zero-order valence-corrected chi connectivity index (χ0v) is 32.9. The number of hydrogen-bond acceptors (Lipinski definition) is 11. The van der Waals surface area contributed by atoms with E-state index in [0.717, 1.165) is 86.4 Å². The average molecular weight is 800 g/mol. The van der Waals surface area contributed by atoms with Crippen LogP contribution in [-0.4, -0.2) is 106 Å². The molecule has 4 fully saturated rings. The number of halogens is 2. The first-order chi connectivity index (χ1) is 27.3. The van der Waals surface area contributed by atoms with E-state index in [1.807, 2.05) is 17.5 Å². The number of pyridine rings is 2. The zero-order chi connectivity index (χ0) is 38.6. The van der Waals surface area contributed by atoms with Crippen molar-refractivity contribution in [2.24, 2.45) is 5.92 Å². The van der Waals surface area contributed by atoms with E-state index in [9.17, 15) is 18.8 Å². The summed E-state index contributed by atoms with van der Waals surface area (Å²) in [5.41, 5.74) is 3.16. The molecule has 8 rings (SSSR count). The third-order valence-electron chi connectivity index (χ3n) is 11.7. The number of rotatable bonds is 10. The maximum atomic E-state index is 14.6. The zero-order valence-electron chi connectivity index (χ0n) is 31.3. The van der Waals surface area contributed by atoms with Crippen LogP contribution in [0.2, 0.25) is 5.02 Å². The molecule has 4 saturated heterocycles. The Morgan fingerprint density at radius 1 is 0.911 bits per heavy atom. The van der Waals surface area contributed by atoms with E-state index in [1.54, 1.807) is 34.7 Å². The molecule has 0 aliphatic carbocycles. The monoisotopic (exact) mass is 799 g/mol. The lowest BCUT2D eigenvalue weighted by atomic mass is 9.88. The Hall–Kier alpha value is -4.50. The van der Waals surface area contributed by atoms with Crippen molar-refractivity contribution >= 4 is 57.4 Å². The number of piperazine rings is 1. The Balaban J connectivity index is 0.834. The smallest absolute Gasteiger partial charge is 0.256 e. The number of piperidine rings is 3. The minimum atomic E-state index is -0.665. The largest absolute Gasteiger partial charge is 0.357 e. The molecule has 0 saturated carbocycles. The molecule has 0 radical (unpaired) electrons. The molecule has 294 valence electrons. The van der Waals surface area contributed by atoms with Gasteiger partial charge in [0.15, 0.2) is 10.9 Å². The van der Waals surface area contributed by atoms with E-state index < -0.39 is 5.82 Å². The summed E-state index contributed by atoms with van der Waals surface area (Å²) < 4.78 is 14.6. The lowest BCUT2D eigenvalue weighted by Gasteiger charge is -2.38. The van der Waals surface area contributed by atoms with Gasteiger partial charge in [-0.15, -0.1) is 11.3 Å². The molecule has 4 aliphatic rings. The van der Waals surface area contributed by atoms with Gasteiger partial charge in [-0.3, -0.25) is 24.6 Å². The van der Waals surface area contributed by atoms with Crippen molar-refractivity contribution in [3.05, 3.63) is 93.5 Å². The Bertz CT molecular complexity index is 2010. The van der Waals surface area contributed by atoms with Crippen molar-refractivity contribution in [3.8, 4) is 0 Å². The van der Waals surface area contributed by atoms with Crippen LogP contribution in [0.1, 0.15) is 77.5 Å². The number of carbonyl (C=O) groups excluding carboxylic acids is 3. The van der Waals surface area contributed by atoms with Crippen LogP contribution in [-0.2, 0) is 16.1 Å². The van der Waals surface area contributed by atoms with Crippen molar-refractivity contribution in [3.63, 3.8) is 0 Å². The number of nitrogens with one attached hydrogen (secondary N) is 2. The Morgan fingerprint density at radius 2 is 1.71 bits per heavy atom. The number of nitrogens with zero attached hydrogens (tertiary/aromatic N) is 7. The second kappa shape index (κ2) is 17.3. The second-order valence-corrected chi connectivity index (χ2v) is 16.7. The van der Waals surface area contributed by atoms with Gasteiger partial charge in [-0.25, -0.2) is 19.3 Å². The van der Waals surface area contributed by atoms with E-state index in [2.05, 4.69) is 42.5 Å². The fourth-order valence-electron chi connectivity index (χ4n) is 8.53. The molecular weight excluding hydrogens is 753 g/mol. The van der Waals surface area contributed by atoms with Gasteiger partial charge < -0.3 is 20.0 Å². The molecule has 3 aromatic heterocycles.